The number of thioether (sulfide) groups is 1. The number of aliphatic hydroxyl groups excluding tert-OH is 1. The van der Waals surface area contributed by atoms with Gasteiger partial charge in [-0.2, -0.15) is 0 Å². The molecule has 0 atom stereocenters. The van der Waals surface area contributed by atoms with Crippen LogP contribution < -0.4 is 0 Å². The van der Waals surface area contributed by atoms with Crippen LogP contribution in [0.15, 0.2) is 16.3 Å². The van der Waals surface area contributed by atoms with Crippen molar-refractivity contribution in [3.05, 3.63) is 16.5 Å². The highest BCUT2D eigenvalue weighted by Gasteiger charge is 2.39. The summed E-state index contributed by atoms with van der Waals surface area (Å²) in [5, 5.41) is 9.18. The van der Waals surface area contributed by atoms with Crippen LogP contribution in [0.4, 0.5) is 0 Å². The Labute approximate surface area is 89.9 Å². The minimum absolute atomic E-state index is 0.117. The highest BCUT2D eigenvalue weighted by atomic mass is 35.5. The zero-order valence-electron chi connectivity index (χ0n) is 6.83. The van der Waals surface area contributed by atoms with Crippen LogP contribution in [0.25, 0.3) is 0 Å². The minimum atomic E-state index is -0.117. The first kappa shape index (κ1) is 9.80. The van der Waals surface area contributed by atoms with Crippen molar-refractivity contribution in [3.8, 4) is 0 Å². The highest BCUT2D eigenvalue weighted by molar-refractivity contribution is 8.02. The van der Waals surface area contributed by atoms with Gasteiger partial charge in [0, 0.05) is 0 Å². The van der Waals surface area contributed by atoms with Crippen LogP contribution in [0.3, 0.4) is 0 Å². The average Bonchev–Trinajstić information content (AvgIpc) is 2.44. The van der Waals surface area contributed by atoms with Crippen LogP contribution in [0.2, 0.25) is 4.34 Å². The van der Waals surface area contributed by atoms with Gasteiger partial charge in [0.05, 0.1) is 33.1 Å². The molecule has 2 rings (SSSR count). The van der Waals surface area contributed by atoms with Gasteiger partial charge in [0.25, 0.3) is 0 Å². The summed E-state index contributed by atoms with van der Waals surface area (Å²) in [7, 11) is 0. The van der Waals surface area contributed by atoms with Gasteiger partial charge in [-0.3, -0.25) is 0 Å². The Morgan fingerprint density at radius 2 is 2.38 bits per heavy atom. The minimum Gasteiger partial charge on any atom is -0.395 e. The number of halogens is 1. The fourth-order valence-electron chi connectivity index (χ4n) is 1.08. The lowest BCUT2D eigenvalue weighted by Gasteiger charge is -2.38. The SMILES string of the molecule is OCC1(Sc2ccc(Cl)s2)COC1. The smallest absolute Gasteiger partial charge is 0.0940 e. The molecule has 0 spiro atoms. The lowest BCUT2D eigenvalue weighted by atomic mass is 10.1. The maximum Gasteiger partial charge on any atom is 0.0940 e. The van der Waals surface area contributed by atoms with Gasteiger partial charge in [0.15, 0.2) is 0 Å². The van der Waals surface area contributed by atoms with Gasteiger partial charge in [-0.1, -0.05) is 11.6 Å². The molecule has 1 N–H and O–H groups in total. The van der Waals surface area contributed by atoms with Crippen molar-refractivity contribution in [1.82, 2.24) is 0 Å². The predicted molar refractivity (Wildman–Crippen MR) is 55.8 cm³/mol. The molecule has 5 heteroatoms. The third kappa shape index (κ3) is 2.02. The molecule has 0 saturated carbocycles. The summed E-state index contributed by atoms with van der Waals surface area (Å²) in [6.45, 7) is 1.42. The molecule has 1 aliphatic heterocycles. The van der Waals surface area contributed by atoms with E-state index in [4.69, 9.17) is 16.3 Å². The molecule has 72 valence electrons. The first-order valence-electron chi connectivity index (χ1n) is 3.87. The normalized spacial score (nSPS) is 19.8. The quantitative estimate of drug-likeness (QED) is 0.873. The van der Waals surface area contributed by atoms with Gasteiger partial charge in [-0.05, 0) is 12.1 Å². The molecule has 13 heavy (non-hydrogen) atoms. The summed E-state index contributed by atoms with van der Waals surface area (Å²) in [4.78, 5) is 0. The van der Waals surface area contributed by atoms with E-state index in [-0.39, 0.29) is 11.4 Å². The van der Waals surface area contributed by atoms with E-state index in [2.05, 4.69) is 0 Å². The first-order valence-corrected chi connectivity index (χ1v) is 5.88. The Balaban J connectivity index is 2.04. The summed E-state index contributed by atoms with van der Waals surface area (Å²) in [5.74, 6) is 0. The molecule has 0 aromatic carbocycles. The fourth-order valence-corrected chi connectivity index (χ4v) is 3.87. The molecular formula is C8H9ClO2S2. The molecule has 0 unspecified atom stereocenters. The second-order valence-electron chi connectivity index (χ2n) is 2.99. The van der Waals surface area contributed by atoms with Crippen molar-refractivity contribution in [2.45, 2.75) is 8.96 Å². The standard InChI is InChI=1S/C8H9ClO2S2/c9-6-1-2-7(12-6)13-8(3-10)4-11-5-8/h1-2,10H,3-5H2. The van der Waals surface area contributed by atoms with E-state index >= 15 is 0 Å². The third-order valence-corrected chi connectivity index (χ3v) is 4.54. The predicted octanol–water partition coefficient (Wildman–Crippen LogP) is 2.25. The maximum atomic E-state index is 9.18. The number of hydrogen-bond acceptors (Lipinski definition) is 4. The summed E-state index contributed by atoms with van der Waals surface area (Å²) >= 11 is 9.00. The molecule has 2 heterocycles. The molecule has 0 amide bonds. The van der Waals surface area contributed by atoms with E-state index in [1.165, 1.54) is 0 Å². The molecule has 0 bridgehead atoms. The molecule has 1 saturated heterocycles. The second-order valence-corrected chi connectivity index (χ2v) is 6.48. The lowest BCUT2D eigenvalue weighted by molar-refractivity contribution is -0.0318. The van der Waals surface area contributed by atoms with Gasteiger partial charge in [-0.15, -0.1) is 23.1 Å². The molecular weight excluding hydrogens is 228 g/mol. The van der Waals surface area contributed by atoms with Gasteiger partial charge < -0.3 is 9.84 Å². The largest absolute Gasteiger partial charge is 0.395 e. The number of thiophene rings is 1. The van der Waals surface area contributed by atoms with Gasteiger partial charge >= 0.3 is 0 Å². The lowest BCUT2D eigenvalue weighted by Crippen LogP contribution is -2.49. The van der Waals surface area contributed by atoms with Crippen LogP contribution >= 0.6 is 34.7 Å². The van der Waals surface area contributed by atoms with Crippen molar-refractivity contribution in [2.24, 2.45) is 0 Å². The Kier molecular flexibility index (Phi) is 2.86. The van der Waals surface area contributed by atoms with Crippen molar-refractivity contribution in [3.63, 3.8) is 0 Å². The van der Waals surface area contributed by atoms with Gasteiger partial charge in [0.1, 0.15) is 0 Å². The van der Waals surface area contributed by atoms with Crippen LogP contribution in [-0.4, -0.2) is 29.7 Å². The van der Waals surface area contributed by atoms with Gasteiger partial charge in [-0.25, -0.2) is 0 Å². The maximum absolute atomic E-state index is 9.18. The van der Waals surface area contributed by atoms with Crippen LogP contribution in [-0.2, 0) is 4.74 Å². The number of rotatable bonds is 3. The summed E-state index contributed by atoms with van der Waals surface area (Å²) < 4.78 is 6.91. The van der Waals surface area contributed by atoms with E-state index in [1.54, 1.807) is 23.1 Å². The zero-order valence-corrected chi connectivity index (χ0v) is 9.21. The zero-order chi connectivity index (χ0) is 9.31. The van der Waals surface area contributed by atoms with Crippen molar-refractivity contribution in [1.29, 1.82) is 0 Å². The Bertz CT molecular complexity index is 291. The summed E-state index contributed by atoms with van der Waals surface area (Å²) in [6.07, 6.45) is 0. The number of hydrogen-bond donors (Lipinski definition) is 1. The molecule has 0 radical (unpaired) electrons. The van der Waals surface area contributed by atoms with Crippen molar-refractivity contribution < 1.29 is 9.84 Å². The molecule has 2 nitrogen and oxygen atoms in total. The van der Waals surface area contributed by atoms with E-state index in [1.807, 2.05) is 12.1 Å². The third-order valence-electron chi connectivity index (χ3n) is 1.88. The average molecular weight is 237 g/mol. The topological polar surface area (TPSA) is 29.5 Å². The Morgan fingerprint density at radius 3 is 2.77 bits per heavy atom. The summed E-state index contributed by atoms with van der Waals surface area (Å²) in [5.41, 5.74) is 0. The van der Waals surface area contributed by atoms with E-state index in [0.717, 1.165) is 8.55 Å². The molecule has 1 aliphatic rings. The van der Waals surface area contributed by atoms with E-state index in [9.17, 15) is 5.11 Å². The molecule has 0 aliphatic carbocycles. The molecule has 1 aromatic heterocycles. The van der Waals surface area contributed by atoms with Crippen molar-refractivity contribution in [2.75, 3.05) is 19.8 Å². The fraction of sp³-hybridized carbons (Fsp3) is 0.500. The molecule has 1 aromatic rings. The highest BCUT2D eigenvalue weighted by Crippen LogP contribution is 2.42. The van der Waals surface area contributed by atoms with Crippen LogP contribution in [0, 0.1) is 0 Å². The van der Waals surface area contributed by atoms with Crippen LogP contribution in [0.1, 0.15) is 0 Å². The van der Waals surface area contributed by atoms with Crippen molar-refractivity contribution >= 4 is 34.7 Å². The van der Waals surface area contributed by atoms with Crippen LogP contribution in [0.5, 0.6) is 0 Å². The number of ether oxygens (including phenoxy) is 1. The van der Waals surface area contributed by atoms with E-state index in [0.29, 0.717) is 13.2 Å². The van der Waals surface area contributed by atoms with Gasteiger partial charge in [0.2, 0.25) is 0 Å². The molecule has 1 fully saturated rings. The second kappa shape index (κ2) is 3.79. The first-order chi connectivity index (χ1) is 6.24. The Hall–Kier alpha value is 0.260. The number of aliphatic hydroxyl groups is 1. The Morgan fingerprint density at radius 1 is 1.62 bits per heavy atom. The monoisotopic (exact) mass is 236 g/mol. The summed E-state index contributed by atoms with van der Waals surface area (Å²) in [6, 6.07) is 3.85. The van der Waals surface area contributed by atoms with E-state index < -0.39 is 0 Å².